The molecule has 1 aliphatic heterocycles. The van der Waals surface area contributed by atoms with Crippen LogP contribution in [-0.2, 0) is 25.6 Å². The maximum absolute atomic E-state index is 12.4. The molecule has 1 aromatic carbocycles. The molecule has 1 heterocycles. The van der Waals surface area contributed by atoms with Crippen LogP contribution >= 0.6 is 6.64 Å². The number of nitrogens with zero attached hydrogens (tertiary/aromatic N) is 1. The molecule has 1 aliphatic rings. The molecular formula is C14H20NO5PS. The molecule has 1 aromatic rings. The Morgan fingerprint density at radius 1 is 1.45 bits per heavy atom. The Labute approximate surface area is 135 Å². The molecule has 0 radical (unpaired) electrons. The number of hydrogen-bond donors (Lipinski definition) is 0. The van der Waals surface area contributed by atoms with Crippen molar-refractivity contribution in [3.63, 3.8) is 0 Å². The van der Waals surface area contributed by atoms with Crippen molar-refractivity contribution in [2.45, 2.75) is 26.4 Å². The Morgan fingerprint density at radius 3 is 2.68 bits per heavy atom. The maximum atomic E-state index is 12.4. The second-order valence-electron chi connectivity index (χ2n) is 4.72. The lowest BCUT2D eigenvalue weighted by molar-refractivity contribution is 0.114. The van der Waals surface area contributed by atoms with Crippen LogP contribution in [0.5, 0.6) is 5.75 Å². The molecule has 0 spiro atoms. The van der Waals surface area contributed by atoms with Crippen LogP contribution in [0.15, 0.2) is 24.3 Å². The van der Waals surface area contributed by atoms with Gasteiger partial charge in [-0.05, 0) is 56.3 Å². The predicted molar refractivity (Wildman–Crippen MR) is 87.9 cm³/mol. The first-order valence-corrected chi connectivity index (χ1v) is 9.63. The van der Waals surface area contributed by atoms with E-state index in [9.17, 15) is 4.79 Å². The summed E-state index contributed by atoms with van der Waals surface area (Å²) >= 11 is 5.55. The van der Waals surface area contributed by atoms with Crippen molar-refractivity contribution in [2.24, 2.45) is 0 Å². The van der Waals surface area contributed by atoms with Gasteiger partial charge in [0.1, 0.15) is 5.75 Å². The van der Waals surface area contributed by atoms with Crippen molar-refractivity contribution in [3.8, 4) is 5.75 Å². The zero-order valence-corrected chi connectivity index (χ0v) is 14.6. The topological polar surface area (TPSA) is 57.2 Å². The Morgan fingerprint density at radius 2 is 2.14 bits per heavy atom. The molecule has 1 saturated heterocycles. The first-order chi connectivity index (χ1) is 10.5. The van der Waals surface area contributed by atoms with Gasteiger partial charge in [0.2, 0.25) is 0 Å². The van der Waals surface area contributed by atoms with Gasteiger partial charge in [-0.15, -0.1) is 0 Å². The number of rotatable bonds is 4. The van der Waals surface area contributed by atoms with Gasteiger partial charge >= 0.3 is 6.09 Å². The Balaban J connectivity index is 2.37. The van der Waals surface area contributed by atoms with E-state index in [1.807, 2.05) is 6.92 Å². The van der Waals surface area contributed by atoms with E-state index in [-0.39, 0.29) is 12.7 Å². The summed E-state index contributed by atoms with van der Waals surface area (Å²) in [6.45, 7) is 1.41. The van der Waals surface area contributed by atoms with Crippen LogP contribution in [0.4, 0.5) is 10.5 Å². The highest BCUT2D eigenvalue weighted by atomic mass is 32.5. The number of carbonyl (C=O) groups excluding carboxylic acids is 1. The quantitative estimate of drug-likeness (QED) is 0.776. The first kappa shape index (κ1) is 17.2. The van der Waals surface area contributed by atoms with E-state index in [0.717, 1.165) is 6.42 Å². The van der Waals surface area contributed by atoms with E-state index in [4.69, 9.17) is 30.3 Å². The molecule has 0 aliphatic carbocycles. The minimum Gasteiger partial charge on any atom is -0.497 e. The Bertz CT molecular complexity index is 565. The molecule has 2 rings (SSSR count). The fraction of sp³-hybridized carbons (Fsp3) is 0.500. The van der Waals surface area contributed by atoms with Gasteiger partial charge in [-0.25, -0.2) is 9.46 Å². The third kappa shape index (κ3) is 3.79. The summed E-state index contributed by atoms with van der Waals surface area (Å²) in [6.07, 6.45) is 0.123. The molecule has 6 nitrogen and oxygen atoms in total. The summed E-state index contributed by atoms with van der Waals surface area (Å²) in [5.74, 6) is 0.683. The predicted octanol–water partition coefficient (Wildman–Crippen LogP) is 3.71. The lowest BCUT2D eigenvalue weighted by atomic mass is 10.3. The SMILES string of the molecule is CCOC(=O)N(c1ccc(OC)cc1)[P@]1(=S)OCC[C@H](C)O1. The number of amides is 1. The van der Waals surface area contributed by atoms with Crippen LogP contribution in [0.3, 0.4) is 0 Å². The van der Waals surface area contributed by atoms with Crippen molar-refractivity contribution in [1.29, 1.82) is 0 Å². The van der Waals surface area contributed by atoms with E-state index >= 15 is 0 Å². The molecule has 22 heavy (non-hydrogen) atoms. The van der Waals surface area contributed by atoms with Gasteiger partial charge < -0.3 is 18.5 Å². The summed E-state index contributed by atoms with van der Waals surface area (Å²) in [5.41, 5.74) is 0.566. The van der Waals surface area contributed by atoms with E-state index in [1.54, 1.807) is 38.3 Å². The monoisotopic (exact) mass is 345 g/mol. The van der Waals surface area contributed by atoms with Gasteiger partial charge in [-0.1, -0.05) is 0 Å². The van der Waals surface area contributed by atoms with E-state index in [2.05, 4.69) is 0 Å². The number of anilines is 1. The molecule has 0 unspecified atom stereocenters. The zero-order valence-electron chi connectivity index (χ0n) is 12.9. The molecule has 0 N–H and O–H groups in total. The van der Waals surface area contributed by atoms with Crippen LogP contribution in [0, 0.1) is 0 Å². The molecule has 0 aromatic heterocycles. The van der Waals surface area contributed by atoms with Crippen molar-refractivity contribution < 1.29 is 23.3 Å². The third-order valence-electron chi connectivity index (χ3n) is 3.09. The van der Waals surface area contributed by atoms with Crippen molar-refractivity contribution >= 4 is 30.2 Å². The van der Waals surface area contributed by atoms with Crippen LogP contribution < -0.4 is 9.41 Å². The summed E-state index contributed by atoms with van der Waals surface area (Å²) in [4.78, 5) is 12.4. The fourth-order valence-corrected chi connectivity index (χ4v) is 4.99. The van der Waals surface area contributed by atoms with Crippen LogP contribution in [0.1, 0.15) is 20.3 Å². The molecule has 0 bridgehead atoms. The number of carbonyl (C=O) groups is 1. The minimum absolute atomic E-state index is 0.0604. The second kappa shape index (κ2) is 7.42. The van der Waals surface area contributed by atoms with Gasteiger partial charge in [0.05, 0.1) is 32.1 Å². The van der Waals surface area contributed by atoms with Crippen molar-refractivity contribution in [2.75, 3.05) is 25.0 Å². The molecule has 8 heteroatoms. The molecule has 1 fully saturated rings. The number of hydrogen-bond acceptors (Lipinski definition) is 6. The summed E-state index contributed by atoms with van der Waals surface area (Å²) in [6, 6.07) is 6.96. The summed E-state index contributed by atoms with van der Waals surface area (Å²) in [5, 5.41) is 0. The summed E-state index contributed by atoms with van der Waals surface area (Å²) < 4.78 is 23.1. The molecule has 2 atom stereocenters. The van der Waals surface area contributed by atoms with Gasteiger partial charge in [0, 0.05) is 0 Å². The average Bonchev–Trinajstić information content (AvgIpc) is 2.48. The van der Waals surface area contributed by atoms with Gasteiger partial charge in [0.15, 0.2) is 0 Å². The second-order valence-corrected chi connectivity index (χ2v) is 7.91. The first-order valence-electron chi connectivity index (χ1n) is 7.04. The highest BCUT2D eigenvalue weighted by Crippen LogP contribution is 2.58. The standard InChI is InChI=1S/C14H20NO5PS/c1-4-18-14(16)15(12-5-7-13(17-3)8-6-12)21(22)19-10-9-11(2)20-21/h5-8,11H,4,9-10H2,1-3H3/t11-,21-/m0/s1. The van der Waals surface area contributed by atoms with Crippen molar-refractivity contribution in [1.82, 2.24) is 0 Å². The van der Waals surface area contributed by atoms with Crippen LogP contribution in [0.2, 0.25) is 0 Å². The summed E-state index contributed by atoms with van der Waals surface area (Å²) in [7, 11) is 1.58. The van der Waals surface area contributed by atoms with Crippen LogP contribution in [-0.4, -0.2) is 32.5 Å². The number of ether oxygens (including phenoxy) is 2. The normalized spacial score (nSPS) is 24.6. The van der Waals surface area contributed by atoms with Crippen molar-refractivity contribution in [3.05, 3.63) is 24.3 Å². The molecular weight excluding hydrogens is 325 g/mol. The Hall–Kier alpha value is -1.14. The lowest BCUT2D eigenvalue weighted by Gasteiger charge is -2.37. The zero-order chi connectivity index (χ0) is 16.2. The molecule has 122 valence electrons. The van der Waals surface area contributed by atoms with Gasteiger partial charge in [-0.2, -0.15) is 0 Å². The van der Waals surface area contributed by atoms with Gasteiger partial charge in [0.25, 0.3) is 6.64 Å². The van der Waals surface area contributed by atoms with E-state index in [1.165, 1.54) is 4.67 Å². The largest absolute Gasteiger partial charge is 0.497 e. The van der Waals surface area contributed by atoms with Crippen LogP contribution in [0.25, 0.3) is 0 Å². The Kier molecular flexibility index (Phi) is 5.81. The number of methoxy groups -OCH3 is 1. The van der Waals surface area contributed by atoms with E-state index in [0.29, 0.717) is 18.0 Å². The molecule has 1 amide bonds. The smallest absolute Gasteiger partial charge is 0.421 e. The minimum atomic E-state index is -2.96. The maximum Gasteiger partial charge on any atom is 0.421 e. The van der Waals surface area contributed by atoms with E-state index < -0.39 is 12.7 Å². The van der Waals surface area contributed by atoms with Gasteiger partial charge in [-0.3, -0.25) is 0 Å². The number of benzene rings is 1. The fourth-order valence-electron chi connectivity index (χ4n) is 2.00. The third-order valence-corrected chi connectivity index (χ3v) is 6.18. The molecule has 0 saturated carbocycles. The highest BCUT2D eigenvalue weighted by Gasteiger charge is 2.39. The average molecular weight is 345 g/mol. The highest BCUT2D eigenvalue weighted by molar-refractivity contribution is 8.11. The lowest BCUT2D eigenvalue weighted by Crippen LogP contribution is -2.34.